The topological polar surface area (TPSA) is 58.0 Å². The Bertz CT molecular complexity index is 543. The maximum Gasteiger partial charge on any atom is 0.225 e. The van der Waals surface area contributed by atoms with Crippen LogP contribution in [-0.2, 0) is 6.42 Å². The van der Waals surface area contributed by atoms with Crippen molar-refractivity contribution in [1.82, 2.24) is 9.97 Å². The van der Waals surface area contributed by atoms with Crippen molar-refractivity contribution in [3.05, 3.63) is 16.2 Å². The molecule has 2 aromatic rings. The van der Waals surface area contributed by atoms with Gasteiger partial charge in [0.25, 0.3) is 0 Å². The summed E-state index contributed by atoms with van der Waals surface area (Å²) in [5.74, 6) is 0.752. The zero-order valence-corrected chi connectivity index (χ0v) is 12.0. The molecular formula is C12H16ClN3OS. The third-order valence-corrected chi connectivity index (χ3v) is 4.05. The molecule has 0 amide bonds. The van der Waals surface area contributed by atoms with Crippen molar-refractivity contribution >= 4 is 39.0 Å². The lowest BCUT2D eigenvalue weighted by molar-refractivity contribution is 0.282. The Morgan fingerprint density at radius 3 is 2.94 bits per heavy atom. The summed E-state index contributed by atoms with van der Waals surface area (Å²) >= 11 is 7.57. The van der Waals surface area contributed by atoms with Crippen LogP contribution in [-0.4, -0.2) is 27.7 Å². The van der Waals surface area contributed by atoms with Gasteiger partial charge in [-0.05, 0) is 37.4 Å². The third kappa shape index (κ3) is 2.91. The number of aromatic nitrogens is 2. The second-order valence-corrected chi connectivity index (χ2v) is 5.64. The van der Waals surface area contributed by atoms with Crippen LogP contribution in [0.3, 0.4) is 0 Å². The highest BCUT2D eigenvalue weighted by Gasteiger charge is 2.12. The number of hydrogen-bond acceptors (Lipinski definition) is 5. The molecule has 0 saturated carbocycles. The van der Waals surface area contributed by atoms with E-state index in [2.05, 4.69) is 28.3 Å². The first-order valence-corrected chi connectivity index (χ1v) is 7.16. The van der Waals surface area contributed by atoms with Crippen molar-refractivity contribution < 1.29 is 5.11 Å². The average molecular weight is 286 g/mol. The summed E-state index contributed by atoms with van der Waals surface area (Å²) in [4.78, 5) is 10.7. The molecule has 18 heavy (non-hydrogen) atoms. The monoisotopic (exact) mass is 285 g/mol. The highest BCUT2D eigenvalue weighted by Crippen LogP contribution is 2.30. The number of nitrogens with one attached hydrogen (secondary N) is 1. The lowest BCUT2D eigenvalue weighted by atomic mass is 10.2. The molecule has 0 spiro atoms. The molecule has 1 unspecified atom stereocenters. The molecule has 0 aliphatic heterocycles. The molecule has 0 bridgehead atoms. The molecule has 1 atom stereocenters. The maximum atomic E-state index is 8.93. The molecule has 0 aliphatic rings. The van der Waals surface area contributed by atoms with E-state index in [9.17, 15) is 0 Å². The van der Waals surface area contributed by atoms with Gasteiger partial charge < -0.3 is 10.4 Å². The summed E-state index contributed by atoms with van der Waals surface area (Å²) in [6.45, 7) is 4.27. The minimum absolute atomic E-state index is 0.147. The van der Waals surface area contributed by atoms with Crippen LogP contribution in [0.4, 0.5) is 5.82 Å². The first kappa shape index (κ1) is 13.5. The number of halogens is 1. The summed E-state index contributed by atoms with van der Waals surface area (Å²) in [6.07, 6.45) is 1.65. The largest absolute Gasteiger partial charge is 0.396 e. The highest BCUT2D eigenvalue weighted by molar-refractivity contribution is 7.18. The van der Waals surface area contributed by atoms with Gasteiger partial charge in [-0.1, -0.05) is 6.92 Å². The van der Waals surface area contributed by atoms with Gasteiger partial charge in [0.2, 0.25) is 5.28 Å². The van der Waals surface area contributed by atoms with Gasteiger partial charge in [-0.2, -0.15) is 0 Å². The van der Waals surface area contributed by atoms with E-state index in [0.29, 0.717) is 6.42 Å². The quantitative estimate of drug-likeness (QED) is 0.829. The van der Waals surface area contributed by atoms with Gasteiger partial charge in [0.15, 0.2) is 0 Å². The zero-order chi connectivity index (χ0) is 13.1. The molecule has 0 aliphatic carbocycles. The minimum atomic E-state index is 0.147. The molecule has 2 aromatic heterocycles. The van der Waals surface area contributed by atoms with Crippen LogP contribution in [0.5, 0.6) is 0 Å². The molecule has 0 aromatic carbocycles. The Morgan fingerprint density at radius 1 is 1.50 bits per heavy atom. The summed E-state index contributed by atoms with van der Waals surface area (Å²) in [6, 6.07) is 2.25. The number of hydrogen-bond donors (Lipinski definition) is 2. The van der Waals surface area contributed by atoms with Gasteiger partial charge >= 0.3 is 0 Å². The van der Waals surface area contributed by atoms with Crippen LogP contribution in [0.2, 0.25) is 5.28 Å². The van der Waals surface area contributed by atoms with Crippen molar-refractivity contribution in [2.45, 2.75) is 32.7 Å². The number of aryl methyl sites for hydroxylation is 1. The lowest BCUT2D eigenvalue weighted by Gasteiger charge is -2.13. The van der Waals surface area contributed by atoms with Crippen LogP contribution < -0.4 is 5.32 Å². The van der Waals surface area contributed by atoms with E-state index in [1.807, 2.05) is 6.92 Å². The van der Waals surface area contributed by atoms with Crippen molar-refractivity contribution in [3.63, 3.8) is 0 Å². The second kappa shape index (κ2) is 5.82. The normalized spacial score (nSPS) is 12.9. The van der Waals surface area contributed by atoms with E-state index in [1.54, 1.807) is 11.3 Å². The van der Waals surface area contributed by atoms with Crippen LogP contribution in [0.25, 0.3) is 10.2 Å². The lowest BCUT2D eigenvalue weighted by Crippen LogP contribution is -2.17. The zero-order valence-electron chi connectivity index (χ0n) is 10.4. The predicted molar refractivity (Wildman–Crippen MR) is 76.6 cm³/mol. The molecule has 98 valence electrons. The molecule has 0 saturated heterocycles. The summed E-state index contributed by atoms with van der Waals surface area (Å²) in [5.41, 5.74) is 0. The van der Waals surface area contributed by atoms with Crippen molar-refractivity contribution in [2.75, 3.05) is 11.9 Å². The van der Waals surface area contributed by atoms with Gasteiger partial charge in [-0.15, -0.1) is 11.3 Å². The molecule has 2 rings (SSSR count). The van der Waals surface area contributed by atoms with E-state index in [-0.39, 0.29) is 17.9 Å². The van der Waals surface area contributed by atoms with E-state index in [0.717, 1.165) is 22.5 Å². The Hall–Kier alpha value is -0.910. The van der Waals surface area contributed by atoms with Crippen molar-refractivity contribution in [2.24, 2.45) is 0 Å². The van der Waals surface area contributed by atoms with Gasteiger partial charge in [0, 0.05) is 17.5 Å². The number of aliphatic hydroxyl groups is 1. The van der Waals surface area contributed by atoms with E-state index >= 15 is 0 Å². The highest BCUT2D eigenvalue weighted by atomic mass is 35.5. The SMILES string of the molecule is CCc1cc2c(NC(C)CCO)nc(Cl)nc2s1. The van der Waals surface area contributed by atoms with Crippen LogP contribution in [0, 0.1) is 0 Å². The second-order valence-electron chi connectivity index (χ2n) is 4.18. The van der Waals surface area contributed by atoms with E-state index < -0.39 is 0 Å². The van der Waals surface area contributed by atoms with E-state index in [4.69, 9.17) is 16.7 Å². The van der Waals surface area contributed by atoms with E-state index in [1.165, 1.54) is 4.88 Å². The fourth-order valence-corrected chi connectivity index (χ4v) is 2.92. The number of nitrogens with zero attached hydrogens (tertiary/aromatic N) is 2. The van der Waals surface area contributed by atoms with Gasteiger partial charge in [0.1, 0.15) is 10.6 Å². The fraction of sp³-hybridized carbons (Fsp3) is 0.500. The number of anilines is 1. The Kier molecular flexibility index (Phi) is 4.37. The third-order valence-electron chi connectivity index (χ3n) is 2.71. The molecular weight excluding hydrogens is 270 g/mol. The van der Waals surface area contributed by atoms with Crippen LogP contribution in [0.15, 0.2) is 6.07 Å². The smallest absolute Gasteiger partial charge is 0.225 e. The molecule has 2 heterocycles. The fourth-order valence-electron chi connectivity index (χ4n) is 1.73. The standard InChI is InChI=1S/C12H16ClN3OS/c1-3-8-6-9-10(14-7(2)4-5-17)15-12(13)16-11(9)18-8/h6-7,17H,3-5H2,1-2H3,(H,14,15,16). The average Bonchev–Trinajstić information content (AvgIpc) is 2.72. The Labute approximate surface area is 115 Å². The predicted octanol–water partition coefficient (Wildman–Crippen LogP) is 3.09. The van der Waals surface area contributed by atoms with Gasteiger partial charge in [-0.3, -0.25) is 0 Å². The summed E-state index contributed by atoms with van der Waals surface area (Å²) in [7, 11) is 0. The Morgan fingerprint density at radius 2 is 2.28 bits per heavy atom. The number of rotatable bonds is 5. The van der Waals surface area contributed by atoms with Gasteiger partial charge in [0.05, 0.1) is 5.39 Å². The number of thiophene rings is 1. The number of fused-ring (bicyclic) bond motifs is 1. The molecule has 6 heteroatoms. The molecule has 0 radical (unpaired) electrons. The van der Waals surface area contributed by atoms with Crippen molar-refractivity contribution in [1.29, 1.82) is 0 Å². The van der Waals surface area contributed by atoms with Crippen LogP contribution in [0.1, 0.15) is 25.1 Å². The van der Waals surface area contributed by atoms with Crippen molar-refractivity contribution in [3.8, 4) is 0 Å². The summed E-state index contributed by atoms with van der Waals surface area (Å²) in [5, 5.41) is 13.5. The molecule has 0 fully saturated rings. The maximum absolute atomic E-state index is 8.93. The number of aliphatic hydroxyl groups excluding tert-OH is 1. The minimum Gasteiger partial charge on any atom is -0.396 e. The van der Waals surface area contributed by atoms with Crippen LogP contribution >= 0.6 is 22.9 Å². The summed E-state index contributed by atoms with van der Waals surface area (Å²) < 4.78 is 0. The first-order chi connectivity index (χ1) is 8.63. The Balaban J connectivity index is 2.38. The molecule has 4 nitrogen and oxygen atoms in total. The van der Waals surface area contributed by atoms with Gasteiger partial charge in [-0.25, -0.2) is 9.97 Å². The molecule has 2 N–H and O–H groups in total. The first-order valence-electron chi connectivity index (χ1n) is 5.97.